The fraction of sp³-hybridized carbons (Fsp3) is 0.619. The lowest BCUT2D eigenvalue weighted by molar-refractivity contribution is 0.220. The molecule has 2 aliphatic heterocycles. The van der Waals surface area contributed by atoms with Crippen molar-refractivity contribution in [2.45, 2.75) is 45.1 Å². The van der Waals surface area contributed by atoms with Crippen LogP contribution < -0.4 is 14.2 Å². The molecular formula is C21H31N5O3S. The lowest BCUT2D eigenvalue weighted by Crippen LogP contribution is -2.29. The molecule has 0 bridgehead atoms. The summed E-state index contributed by atoms with van der Waals surface area (Å²) in [5.74, 6) is 2.09. The molecule has 4 rings (SSSR count). The van der Waals surface area contributed by atoms with Crippen molar-refractivity contribution in [3.8, 4) is 5.75 Å². The van der Waals surface area contributed by atoms with E-state index >= 15 is 0 Å². The van der Waals surface area contributed by atoms with Crippen LogP contribution in [-0.4, -0.2) is 57.8 Å². The second-order valence-corrected chi connectivity index (χ2v) is 9.67. The predicted octanol–water partition coefficient (Wildman–Crippen LogP) is 2.09. The van der Waals surface area contributed by atoms with E-state index in [4.69, 9.17) is 4.74 Å². The van der Waals surface area contributed by atoms with Crippen LogP contribution >= 0.6 is 0 Å². The highest BCUT2D eigenvalue weighted by Crippen LogP contribution is 2.28. The molecule has 2 N–H and O–H groups in total. The Hall–Kier alpha value is -2.13. The second kappa shape index (κ2) is 9.78. The highest BCUT2D eigenvalue weighted by molar-refractivity contribution is 7.89. The molecule has 2 heterocycles. The summed E-state index contributed by atoms with van der Waals surface area (Å²) in [5, 5.41) is 0. The lowest BCUT2D eigenvalue weighted by Gasteiger charge is -2.26. The average Bonchev–Trinajstić information content (AvgIpc) is 3.51. The molecule has 3 aliphatic rings. The summed E-state index contributed by atoms with van der Waals surface area (Å²) in [4.78, 5) is 11.2. The van der Waals surface area contributed by atoms with E-state index in [9.17, 15) is 8.42 Å². The number of piperidine rings is 1. The van der Waals surface area contributed by atoms with Crippen molar-refractivity contribution in [3.05, 3.63) is 29.8 Å². The summed E-state index contributed by atoms with van der Waals surface area (Å²) < 4.78 is 34.2. The molecule has 0 unspecified atom stereocenters. The van der Waals surface area contributed by atoms with Crippen LogP contribution in [0.25, 0.3) is 0 Å². The van der Waals surface area contributed by atoms with Crippen molar-refractivity contribution < 1.29 is 13.2 Å². The zero-order chi connectivity index (χ0) is 20.8. The van der Waals surface area contributed by atoms with Gasteiger partial charge in [0.25, 0.3) is 0 Å². The number of hydrogen-bond donors (Lipinski definition) is 2. The summed E-state index contributed by atoms with van der Waals surface area (Å²) >= 11 is 0. The molecule has 1 aliphatic carbocycles. The minimum atomic E-state index is -3.57. The van der Waals surface area contributed by atoms with Crippen molar-refractivity contribution in [3.63, 3.8) is 0 Å². The summed E-state index contributed by atoms with van der Waals surface area (Å²) in [6.07, 6.45) is 6.95. The number of benzene rings is 1. The van der Waals surface area contributed by atoms with Gasteiger partial charge in [0, 0.05) is 26.1 Å². The zero-order valence-electron chi connectivity index (χ0n) is 17.3. The fourth-order valence-corrected chi connectivity index (χ4v) is 4.55. The SMILES string of the molecule is O=S1(=O)NC(=NCCCOc2cccc(CN3CCCCC3)c2)C(=NCC2CC2)N1. The van der Waals surface area contributed by atoms with Crippen molar-refractivity contribution in [2.75, 3.05) is 32.8 Å². The lowest BCUT2D eigenvalue weighted by atomic mass is 10.1. The van der Waals surface area contributed by atoms with Gasteiger partial charge in [-0.25, -0.2) is 9.44 Å². The minimum absolute atomic E-state index is 0.305. The van der Waals surface area contributed by atoms with Crippen LogP contribution in [0.1, 0.15) is 44.1 Å². The van der Waals surface area contributed by atoms with Crippen LogP contribution in [0.3, 0.4) is 0 Å². The first kappa shape index (κ1) is 21.1. The third-order valence-electron chi connectivity index (χ3n) is 5.49. The normalized spacial score (nSPS) is 24.0. The standard InChI is InChI=1S/C21H31N5O3S/c27-30(28)24-20(21(25-30)23-15-17-8-9-17)22-10-5-13-29-19-7-4-6-18(14-19)16-26-11-2-1-3-12-26/h4,6-7,14,17H,1-3,5,8-13,15-16H2,(H,22,24)(H,23,25). The number of aliphatic imine (C=N–C) groups is 2. The van der Waals surface area contributed by atoms with Crippen LogP contribution in [-0.2, 0) is 16.8 Å². The van der Waals surface area contributed by atoms with Crippen LogP contribution in [0.5, 0.6) is 5.75 Å². The highest BCUT2D eigenvalue weighted by Gasteiger charge is 2.29. The van der Waals surface area contributed by atoms with E-state index in [0.29, 0.717) is 43.7 Å². The third-order valence-corrected chi connectivity index (χ3v) is 6.41. The first-order valence-corrected chi connectivity index (χ1v) is 12.4. The molecular weight excluding hydrogens is 402 g/mol. The first-order chi connectivity index (χ1) is 14.6. The van der Waals surface area contributed by atoms with Crippen molar-refractivity contribution >= 4 is 21.9 Å². The van der Waals surface area contributed by atoms with Gasteiger partial charge >= 0.3 is 10.2 Å². The van der Waals surface area contributed by atoms with E-state index in [1.54, 1.807) is 0 Å². The quantitative estimate of drug-likeness (QED) is 0.583. The van der Waals surface area contributed by atoms with Crippen LogP contribution in [0.15, 0.2) is 34.3 Å². The Bertz CT molecular complexity index is 890. The van der Waals surface area contributed by atoms with Gasteiger partial charge in [0.1, 0.15) is 5.75 Å². The summed E-state index contributed by atoms with van der Waals surface area (Å²) in [6, 6.07) is 8.27. The van der Waals surface area contributed by atoms with Crippen molar-refractivity contribution in [1.82, 2.24) is 14.3 Å². The minimum Gasteiger partial charge on any atom is -0.494 e. The Balaban J connectivity index is 1.23. The number of ether oxygens (including phenoxy) is 1. The molecule has 1 saturated carbocycles. The number of likely N-dealkylation sites (tertiary alicyclic amines) is 1. The number of rotatable bonds is 9. The largest absolute Gasteiger partial charge is 0.494 e. The molecule has 164 valence electrons. The fourth-order valence-electron chi connectivity index (χ4n) is 3.67. The van der Waals surface area contributed by atoms with Gasteiger partial charge in [-0.3, -0.25) is 14.9 Å². The third kappa shape index (κ3) is 6.43. The Morgan fingerprint density at radius 1 is 1.07 bits per heavy atom. The Morgan fingerprint density at radius 2 is 1.83 bits per heavy atom. The molecule has 30 heavy (non-hydrogen) atoms. The summed E-state index contributed by atoms with van der Waals surface area (Å²) in [6.45, 7) is 4.97. The predicted molar refractivity (Wildman–Crippen MR) is 118 cm³/mol. The Labute approximate surface area is 179 Å². The topological polar surface area (TPSA) is 95.4 Å². The molecule has 8 nitrogen and oxygen atoms in total. The maximum absolute atomic E-state index is 11.7. The molecule has 0 spiro atoms. The molecule has 9 heteroatoms. The summed E-state index contributed by atoms with van der Waals surface area (Å²) in [5.41, 5.74) is 1.28. The first-order valence-electron chi connectivity index (χ1n) is 10.9. The molecule has 1 aromatic carbocycles. The highest BCUT2D eigenvalue weighted by atomic mass is 32.2. The molecule has 1 aromatic rings. The van der Waals surface area contributed by atoms with Gasteiger partial charge in [0.05, 0.1) is 6.61 Å². The van der Waals surface area contributed by atoms with Gasteiger partial charge in [-0.15, -0.1) is 0 Å². The zero-order valence-corrected chi connectivity index (χ0v) is 18.2. The van der Waals surface area contributed by atoms with Gasteiger partial charge in [0.15, 0.2) is 11.7 Å². The molecule has 2 saturated heterocycles. The molecule has 0 aromatic heterocycles. The smallest absolute Gasteiger partial charge is 0.324 e. The maximum atomic E-state index is 11.7. The summed E-state index contributed by atoms with van der Waals surface area (Å²) in [7, 11) is -3.57. The van der Waals surface area contributed by atoms with Crippen LogP contribution in [0, 0.1) is 5.92 Å². The van der Waals surface area contributed by atoms with Gasteiger partial charge in [-0.1, -0.05) is 18.6 Å². The van der Waals surface area contributed by atoms with E-state index in [0.717, 1.165) is 12.3 Å². The molecule has 0 radical (unpaired) electrons. The van der Waals surface area contributed by atoms with Gasteiger partial charge in [0.2, 0.25) is 0 Å². The van der Waals surface area contributed by atoms with E-state index in [2.05, 4.69) is 36.5 Å². The van der Waals surface area contributed by atoms with Crippen LogP contribution in [0.2, 0.25) is 0 Å². The molecule has 3 fully saturated rings. The van der Waals surface area contributed by atoms with Gasteiger partial charge in [-0.2, -0.15) is 8.42 Å². The number of hydrogen-bond acceptors (Lipinski definition) is 6. The Kier molecular flexibility index (Phi) is 6.89. The van der Waals surface area contributed by atoms with E-state index in [-0.39, 0.29) is 0 Å². The van der Waals surface area contributed by atoms with Gasteiger partial charge < -0.3 is 4.74 Å². The average molecular weight is 434 g/mol. The van der Waals surface area contributed by atoms with E-state index < -0.39 is 10.2 Å². The van der Waals surface area contributed by atoms with Crippen molar-refractivity contribution in [2.24, 2.45) is 15.9 Å². The van der Waals surface area contributed by atoms with Gasteiger partial charge in [-0.05, 0) is 62.4 Å². The molecule has 0 amide bonds. The van der Waals surface area contributed by atoms with Crippen molar-refractivity contribution in [1.29, 1.82) is 0 Å². The van der Waals surface area contributed by atoms with E-state index in [1.165, 1.54) is 50.8 Å². The number of nitrogens with zero attached hydrogens (tertiary/aromatic N) is 3. The second-order valence-electron chi connectivity index (χ2n) is 8.26. The monoisotopic (exact) mass is 433 g/mol. The van der Waals surface area contributed by atoms with E-state index in [1.807, 2.05) is 12.1 Å². The Morgan fingerprint density at radius 3 is 2.60 bits per heavy atom. The van der Waals surface area contributed by atoms with Crippen LogP contribution in [0.4, 0.5) is 0 Å². The number of nitrogens with one attached hydrogen (secondary N) is 2. The molecule has 0 atom stereocenters. The maximum Gasteiger partial charge on any atom is 0.324 e. The number of amidine groups is 2.